The number of aromatic nitrogens is 2. The van der Waals surface area contributed by atoms with E-state index in [1.54, 1.807) is 12.1 Å². The van der Waals surface area contributed by atoms with Crippen molar-refractivity contribution in [3.63, 3.8) is 0 Å². The fourth-order valence-electron chi connectivity index (χ4n) is 5.90. The molecular formula is C24H22N4O5. The van der Waals surface area contributed by atoms with Gasteiger partial charge in [0.25, 0.3) is 5.69 Å². The lowest BCUT2D eigenvalue weighted by Crippen LogP contribution is -2.48. The number of benzene rings is 2. The zero-order valence-electron chi connectivity index (χ0n) is 18.5. The van der Waals surface area contributed by atoms with Crippen LogP contribution < -0.4 is 14.8 Å². The first-order valence-electron chi connectivity index (χ1n) is 10.9. The third-order valence-corrected chi connectivity index (χ3v) is 8.26. The Kier molecular flexibility index (Phi) is 3.73. The van der Waals surface area contributed by atoms with Gasteiger partial charge in [0, 0.05) is 35.4 Å². The highest BCUT2D eigenvalue weighted by molar-refractivity contribution is 6.02. The van der Waals surface area contributed by atoms with E-state index in [2.05, 4.69) is 26.1 Å². The molecule has 2 unspecified atom stereocenters. The molecule has 9 heteroatoms. The van der Waals surface area contributed by atoms with Crippen LogP contribution in [0.5, 0.6) is 11.5 Å². The average Bonchev–Trinajstić information content (AvgIpc) is 3.36. The van der Waals surface area contributed by atoms with E-state index in [1.165, 1.54) is 12.1 Å². The van der Waals surface area contributed by atoms with Crippen LogP contribution in [-0.4, -0.2) is 27.6 Å². The van der Waals surface area contributed by atoms with E-state index in [9.17, 15) is 14.9 Å². The predicted molar refractivity (Wildman–Crippen MR) is 119 cm³/mol. The summed E-state index contributed by atoms with van der Waals surface area (Å²) in [7, 11) is 0. The Bertz CT molecular complexity index is 1370. The van der Waals surface area contributed by atoms with Crippen LogP contribution in [0.4, 0.5) is 11.4 Å². The molecule has 2 atom stereocenters. The van der Waals surface area contributed by atoms with Crippen molar-refractivity contribution in [3.05, 3.63) is 57.9 Å². The van der Waals surface area contributed by atoms with Gasteiger partial charge in [-0.25, -0.2) is 9.97 Å². The SMILES string of the molecule is CC12CCC(C(=O)Nc3ccc([N+](=O)[O-])cc3)(c3nc4cc5c(cc4nc31)OCO5)C2(C)C. The van der Waals surface area contributed by atoms with Gasteiger partial charge in [0.05, 0.1) is 32.8 Å². The summed E-state index contributed by atoms with van der Waals surface area (Å²) in [6.07, 6.45) is 1.46. The molecule has 3 aromatic rings. The molecule has 33 heavy (non-hydrogen) atoms. The highest BCUT2D eigenvalue weighted by Gasteiger charge is 2.73. The first-order valence-corrected chi connectivity index (χ1v) is 10.9. The molecule has 0 saturated heterocycles. The molecule has 2 aromatic carbocycles. The molecule has 1 amide bonds. The molecule has 3 aliphatic rings. The molecule has 1 N–H and O–H groups in total. The second-order valence-corrected chi connectivity index (χ2v) is 9.74. The number of nitrogens with one attached hydrogen (secondary N) is 1. The molecule has 1 aliphatic heterocycles. The number of hydrogen-bond acceptors (Lipinski definition) is 7. The molecule has 6 rings (SSSR count). The van der Waals surface area contributed by atoms with Gasteiger partial charge in [0.2, 0.25) is 12.7 Å². The van der Waals surface area contributed by atoms with Gasteiger partial charge >= 0.3 is 0 Å². The number of amides is 1. The summed E-state index contributed by atoms with van der Waals surface area (Å²) in [6, 6.07) is 9.53. The molecule has 2 heterocycles. The molecule has 1 fully saturated rings. The van der Waals surface area contributed by atoms with Gasteiger partial charge in [-0.1, -0.05) is 20.8 Å². The zero-order chi connectivity index (χ0) is 23.2. The van der Waals surface area contributed by atoms with Crippen LogP contribution in [-0.2, 0) is 15.6 Å². The number of nitrogens with zero attached hydrogens (tertiary/aromatic N) is 3. The summed E-state index contributed by atoms with van der Waals surface area (Å²) in [4.78, 5) is 34.4. The number of anilines is 1. The van der Waals surface area contributed by atoms with Crippen LogP contribution in [0.15, 0.2) is 36.4 Å². The lowest BCUT2D eigenvalue weighted by molar-refractivity contribution is -0.384. The Balaban J connectivity index is 1.48. The number of hydrogen-bond donors (Lipinski definition) is 1. The number of carbonyl (C=O) groups excluding carboxylic acids is 1. The molecule has 0 spiro atoms. The third-order valence-electron chi connectivity index (χ3n) is 8.26. The summed E-state index contributed by atoms with van der Waals surface area (Å²) in [5, 5.41) is 14.0. The standard InChI is InChI=1S/C24H22N4O5/c1-22(2)23(3)8-9-24(22,21(29)25-13-4-6-14(7-5-13)28(30)31)20-19(23)26-15-10-17-18(33-12-32-17)11-16(15)27-20/h4-7,10-11H,8-9,12H2,1-3H3,(H,25,29). The molecule has 1 saturated carbocycles. The van der Waals surface area contributed by atoms with Crippen molar-refractivity contribution in [2.75, 3.05) is 12.1 Å². The van der Waals surface area contributed by atoms with Gasteiger partial charge in [-0.3, -0.25) is 14.9 Å². The van der Waals surface area contributed by atoms with E-state index in [-0.39, 0.29) is 23.8 Å². The van der Waals surface area contributed by atoms with Crippen molar-refractivity contribution in [1.82, 2.24) is 9.97 Å². The normalized spacial score (nSPS) is 25.8. The second-order valence-electron chi connectivity index (χ2n) is 9.74. The summed E-state index contributed by atoms with van der Waals surface area (Å²) < 4.78 is 11.0. The first-order chi connectivity index (χ1) is 15.7. The van der Waals surface area contributed by atoms with Crippen LogP contribution in [0.1, 0.15) is 45.0 Å². The number of ether oxygens (including phenoxy) is 2. The largest absolute Gasteiger partial charge is 0.454 e. The highest BCUT2D eigenvalue weighted by Crippen LogP contribution is 2.70. The maximum Gasteiger partial charge on any atom is 0.269 e. The van der Waals surface area contributed by atoms with Crippen LogP contribution in [0.2, 0.25) is 0 Å². The van der Waals surface area contributed by atoms with Crippen LogP contribution in [0, 0.1) is 15.5 Å². The number of rotatable bonds is 3. The maximum absolute atomic E-state index is 13.9. The van der Waals surface area contributed by atoms with Crippen molar-refractivity contribution < 1.29 is 19.2 Å². The smallest absolute Gasteiger partial charge is 0.269 e. The van der Waals surface area contributed by atoms with E-state index in [0.29, 0.717) is 40.3 Å². The first kappa shape index (κ1) is 19.9. The quantitative estimate of drug-likeness (QED) is 0.472. The number of nitro benzene ring substituents is 1. The monoisotopic (exact) mass is 446 g/mol. The molecule has 168 valence electrons. The summed E-state index contributed by atoms with van der Waals surface area (Å²) in [5.74, 6) is 1.10. The molecule has 2 aliphatic carbocycles. The van der Waals surface area contributed by atoms with Crippen molar-refractivity contribution in [1.29, 1.82) is 0 Å². The van der Waals surface area contributed by atoms with Gasteiger partial charge in [-0.05, 0) is 30.4 Å². The highest BCUT2D eigenvalue weighted by atomic mass is 16.7. The number of non-ortho nitro benzene ring substituents is 1. The van der Waals surface area contributed by atoms with Crippen molar-refractivity contribution in [2.45, 2.75) is 44.4 Å². The minimum absolute atomic E-state index is 0.0257. The lowest BCUT2D eigenvalue weighted by atomic mass is 9.63. The Morgan fingerprint density at radius 2 is 1.61 bits per heavy atom. The molecule has 1 aromatic heterocycles. The second kappa shape index (κ2) is 6.18. The van der Waals surface area contributed by atoms with E-state index in [1.807, 2.05) is 12.1 Å². The lowest BCUT2D eigenvalue weighted by Gasteiger charge is -2.39. The third kappa shape index (κ3) is 2.34. The molecular weight excluding hydrogens is 424 g/mol. The van der Waals surface area contributed by atoms with Crippen LogP contribution >= 0.6 is 0 Å². The Morgan fingerprint density at radius 1 is 1.00 bits per heavy atom. The molecule has 0 radical (unpaired) electrons. The predicted octanol–water partition coefficient (Wildman–Crippen LogP) is 4.23. The summed E-state index contributed by atoms with van der Waals surface area (Å²) in [5.41, 5.74) is 1.76. The Labute approximate surface area is 189 Å². The molecule has 2 bridgehead atoms. The van der Waals surface area contributed by atoms with Crippen molar-refractivity contribution in [2.24, 2.45) is 5.41 Å². The molecule has 9 nitrogen and oxygen atoms in total. The fraction of sp³-hybridized carbons (Fsp3) is 0.375. The van der Waals surface area contributed by atoms with E-state index in [0.717, 1.165) is 12.1 Å². The van der Waals surface area contributed by atoms with E-state index < -0.39 is 15.8 Å². The van der Waals surface area contributed by atoms with Gasteiger partial charge in [-0.15, -0.1) is 0 Å². The number of carbonyl (C=O) groups is 1. The van der Waals surface area contributed by atoms with E-state index in [4.69, 9.17) is 19.4 Å². The van der Waals surface area contributed by atoms with Gasteiger partial charge < -0.3 is 14.8 Å². The number of fused-ring (bicyclic) bond motifs is 7. The Hall–Kier alpha value is -3.75. The van der Waals surface area contributed by atoms with Gasteiger partial charge in [0.1, 0.15) is 0 Å². The average molecular weight is 446 g/mol. The van der Waals surface area contributed by atoms with Gasteiger partial charge in [0.15, 0.2) is 11.5 Å². The maximum atomic E-state index is 13.9. The van der Waals surface area contributed by atoms with Crippen LogP contribution in [0.25, 0.3) is 11.0 Å². The van der Waals surface area contributed by atoms with Gasteiger partial charge in [-0.2, -0.15) is 0 Å². The summed E-state index contributed by atoms with van der Waals surface area (Å²) >= 11 is 0. The minimum atomic E-state index is -0.879. The fourth-order valence-corrected chi connectivity index (χ4v) is 5.90. The Morgan fingerprint density at radius 3 is 2.21 bits per heavy atom. The zero-order valence-corrected chi connectivity index (χ0v) is 18.5. The minimum Gasteiger partial charge on any atom is -0.454 e. The van der Waals surface area contributed by atoms with Crippen molar-refractivity contribution in [3.8, 4) is 11.5 Å². The van der Waals surface area contributed by atoms with E-state index >= 15 is 0 Å². The van der Waals surface area contributed by atoms with Crippen LogP contribution in [0.3, 0.4) is 0 Å². The van der Waals surface area contributed by atoms with Crippen molar-refractivity contribution >= 4 is 28.3 Å². The number of nitro groups is 1. The summed E-state index contributed by atoms with van der Waals surface area (Å²) in [6.45, 7) is 6.54. The topological polar surface area (TPSA) is 116 Å².